The minimum absolute atomic E-state index is 0.0374. The number of ether oxygens (including phenoxy) is 1. The monoisotopic (exact) mass is 300 g/mol. The van der Waals surface area contributed by atoms with Crippen LogP contribution in [0, 0.1) is 0 Å². The fourth-order valence-corrected chi connectivity index (χ4v) is 2.09. The van der Waals surface area contributed by atoms with Gasteiger partial charge in [0.05, 0.1) is 19.4 Å². The minimum Gasteiger partial charge on any atom is -0.495 e. The zero-order chi connectivity index (χ0) is 15.9. The molecule has 0 saturated heterocycles. The second-order valence-corrected chi connectivity index (χ2v) is 4.82. The minimum atomic E-state index is -0.141. The summed E-state index contributed by atoms with van der Waals surface area (Å²) in [6.45, 7) is 0.634. The number of rotatable bonds is 6. The van der Waals surface area contributed by atoms with Crippen LogP contribution in [0.15, 0.2) is 42.5 Å². The molecule has 2 rings (SSSR count). The van der Waals surface area contributed by atoms with Crippen molar-refractivity contribution in [3.63, 3.8) is 0 Å². The maximum atomic E-state index is 11.7. The highest BCUT2D eigenvalue weighted by Gasteiger charge is 2.09. The summed E-state index contributed by atoms with van der Waals surface area (Å²) in [4.78, 5) is 11.7. The molecule has 0 atom stereocenters. The Kier molecular flexibility index (Phi) is 5.38. The first-order valence-corrected chi connectivity index (χ1v) is 7.00. The standard InChI is InChI=1S/C17H20N2O3/c1-18-17(21)14-7-8-16(22-2)15(9-14)19-10-12-3-5-13(11-20)6-4-12/h3-9,19-20H,10-11H2,1-2H3,(H,18,21). The van der Waals surface area contributed by atoms with Gasteiger partial charge in [-0.25, -0.2) is 0 Å². The number of aliphatic hydroxyl groups is 1. The molecule has 0 heterocycles. The molecule has 116 valence electrons. The Morgan fingerprint density at radius 3 is 2.41 bits per heavy atom. The molecule has 0 saturated carbocycles. The van der Waals surface area contributed by atoms with E-state index in [4.69, 9.17) is 9.84 Å². The van der Waals surface area contributed by atoms with Crippen molar-refractivity contribution < 1.29 is 14.6 Å². The molecule has 0 aliphatic carbocycles. The van der Waals surface area contributed by atoms with Crippen LogP contribution in [-0.4, -0.2) is 25.2 Å². The summed E-state index contributed by atoms with van der Waals surface area (Å²) in [6, 6.07) is 12.9. The number of aliphatic hydroxyl groups excluding tert-OH is 1. The molecule has 2 aromatic rings. The Balaban J connectivity index is 2.14. The second kappa shape index (κ2) is 7.47. The van der Waals surface area contributed by atoms with Crippen LogP contribution in [-0.2, 0) is 13.2 Å². The van der Waals surface area contributed by atoms with Crippen LogP contribution < -0.4 is 15.4 Å². The lowest BCUT2D eigenvalue weighted by Gasteiger charge is -2.13. The molecule has 0 unspecified atom stereocenters. The number of anilines is 1. The topological polar surface area (TPSA) is 70.6 Å². The molecular formula is C17H20N2O3. The number of nitrogens with one attached hydrogen (secondary N) is 2. The lowest BCUT2D eigenvalue weighted by molar-refractivity contribution is 0.0963. The van der Waals surface area contributed by atoms with Gasteiger partial charge in [-0.1, -0.05) is 24.3 Å². The van der Waals surface area contributed by atoms with Crippen LogP contribution >= 0.6 is 0 Å². The first-order chi connectivity index (χ1) is 10.7. The van der Waals surface area contributed by atoms with Crippen molar-refractivity contribution in [2.24, 2.45) is 0 Å². The van der Waals surface area contributed by atoms with Crippen LogP contribution in [0.2, 0.25) is 0 Å². The molecule has 0 aliphatic rings. The van der Waals surface area contributed by atoms with Gasteiger partial charge in [0, 0.05) is 19.2 Å². The molecule has 0 radical (unpaired) electrons. The summed E-state index contributed by atoms with van der Waals surface area (Å²) in [7, 11) is 3.19. The Labute approximate surface area is 129 Å². The van der Waals surface area contributed by atoms with E-state index in [-0.39, 0.29) is 12.5 Å². The van der Waals surface area contributed by atoms with Crippen LogP contribution in [0.25, 0.3) is 0 Å². The summed E-state index contributed by atoms with van der Waals surface area (Å²) >= 11 is 0. The molecular weight excluding hydrogens is 280 g/mol. The van der Waals surface area contributed by atoms with Crippen molar-refractivity contribution in [1.29, 1.82) is 0 Å². The molecule has 1 amide bonds. The van der Waals surface area contributed by atoms with Gasteiger partial charge < -0.3 is 20.5 Å². The normalized spacial score (nSPS) is 10.1. The average molecular weight is 300 g/mol. The number of amides is 1. The van der Waals surface area contributed by atoms with Crippen LogP contribution in [0.4, 0.5) is 5.69 Å². The van der Waals surface area contributed by atoms with E-state index in [2.05, 4.69) is 10.6 Å². The van der Waals surface area contributed by atoms with Crippen LogP contribution in [0.3, 0.4) is 0 Å². The van der Waals surface area contributed by atoms with E-state index >= 15 is 0 Å². The summed E-state index contributed by atoms with van der Waals surface area (Å²) in [6.07, 6.45) is 0. The van der Waals surface area contributed by atoms with Crippen molar-refractivity contribution in [2.75, 3.05) is 19.5 Å². The van der Waals surface area contributed by atoms with Gasteiger partial charge in [0.2, 0.25) is 0 Å². The number of hydrogen-bond acceptors (Lipinski definition) is 4. The van der Waals surface area contributed by atoms with Crippen LogP contribution in [0.1, 0.15) is 21.5 Å². The van der Waals surface area contributed by atoms with Crippen molar-refractivity contribution in [1.82, 2.24) is 5.32 Å². The highest BCUT2D eigenvalue weighted by molar-refractivity contribution is 5.95. The first-order valence-electron chi connectivity index (χ1n) is 7.00. The van der Waals surface area contributed by atoms with Crippen molar-refractivity contribution in [3.8, 4) is 5.75 Å². The zero-order valence-electron chi connectivity index (χ0n) is 12.7. The van der Waals surface area contributed by atoms with Gasteiger partial charge >= 0.3 is 0 Å². The van der Waals surface area contributed by atoms with Gasteiger partial charge in [0.25, 0.3) is 5.91 Å². The first kappa shape index (κ1) is 15.9. The van der Waals surface area contributed by atoms with E-state index < -0.39 is 0 Å². The van der Waals surface area contributed by atoms with E-state index in [0.717, 1.165) is 16.8 Å². The smallest absolute Gasteiger partial charge is 0.251 e. The lowest BCUT2D eigenvalue weighted by atomic mass is 10.1. The summed E-state index contributed by atoms with van der Waals surface area (Å²) in [5.41, 5.74) is 3.28. The summed E-state index contributed by atoms with van der Waals surface area (Å²) < 4.78 is 5.31. The van der Waals surface area contributed by atoms with Gasteiger partial charge in [0.1, 0.15) is 5.75 Å². The molecule has 0 fully saturated rings. The summed E-state index contributed by atoms with van der Waals surface area (Å²) in [5, 5.41) is 14.9. The zero-order valence-corrected chi connectivity index (χ0v) is 12.7. The predicted molar refractivity (Wildman–Crippen MR) is 86.1 cm³/mol. The number of hydrogen-bond donors (Lipinski definition) is 3. The maximum Gasteiger partial charge on any atom is 0.251 e. The third kappa shape index (κ3) is 3.77. The maximum absolute atomic E-state index is 11.7. The van der Waals surface area contributed by atoms with E-state index in [1.165, 1.54) is 0 Å². The molecule has 2 aromatic carbocycles. The average Bonchev–Trinajstić information content (AvgIpc) is 2.59. The number of methoxy groups -OCH3 is 1. The fraction of sp³-hybridized carbons (Fsp3) is 0.235. The van der Waals surface area contributed by atoms with Crippen molar-refractivity contribution >= 4 is 11.6 Å². The van der Waals surface area contributed by atoms with Gasteiger partial charge in [0.15, 0.2) is 0 Å². The highest BCUT2D eigenvalue weighted by atomic mass is 16.5. The fourth-order valence-electron chi connectivity index (χ4n) is 2.09. The Morgan fingerprint density at radius 2 is 1.82 bits per heavy atom. The molecule has 0 spiro atoms. The number of benzene rings is 2. The van der Waals surface area contributed by atoms with E-state index in [1.54, 1.807) is 32.4 Å². The molecule has 0 aliphatic heterocycles. The quantitative estimate of drug-likeness (QED) is 0.764. The van der Waals surface area contributed by atoms with Crippen molar-refractivity contribution in [3.05, 3.63) is 59.2 Å². The largest absolute Gasteiger partial charge is 0.495 e. The molecule has 0 bridgehead atoms. The van der Waals surface area contributed by atoms with E-state index in [0.29, 0.717) is 17.9 Å². The molecule has 0 aromatic heterocycles. The second-order valence-electron chi connectivity index (χ2n) is 4.82. The van der Waals surface area contributed by atoms with Gasteiger partial charge in [-0.15, -0.1) is 0 Å². The SMILES string of the molecule is CNC(=O)c1ccc(OC)c(NCc2ccc(CO)cc2)c1. The Morgan fingerprint density at radius 1 is 1.14 bits per heavy atom. The number of carbonyl (C=O) groups is 1. The predicted octanol–water partition coefficient (Wildman–Crippen LogP) is 2.16. The third-order valence-electron chi connectivity index (χ3n) is 3.38. The van der Waals surface area contributed by atoms with Gasteiger partial charge in [-0.05, 0) is 29.3 Å². The van der Waals surface area contributed by atoms with E-state index in [9.17, 15) is 4.79 Å². The molecule has 22 heavy (non-hydrogen) atoms. The summed E-state index contributed by atoms with van der Waals surface area (Å²) in [5.74, 6) is 0.539. The Bertz CT molecular complexity index is 639. The lowest BCUT2D eigenvalue weighted by Crippen LogP contribution is -2.18. The molecule has 3 N–H and O–H groups in total. The third-order valence-corrected chi connectivity index (χ3v) is 3.38. The molecule has 5 nitrogen and oxygen atoms in total. The highest BCUT2D eigenvalue weighted by Crippen LogP contribution is 2.26. The molecule has 5 heteroatoms. The van der Waals surface area contributed by atoms with E-state index in [1.807, 2.05) is 24.3 Å². The van der Waals surface area contributed by atoms with Gasteiger partial charge in [-0.3, -0.25) is 4.79 Å². The van der Waals surface area contributed by atoms with Gasteiger partial charge in [-0.2, -0.15) is 0 Å². The van der Waals surface area contributed by atoms with Crippen molar-refractivity contribution in [2.45, 2.75) is 13.2 Å². The van der Waals surface area contributed by atoms with Crippen LogP contribution in [0.5, 0.6) is 5.75 Å². The number of carbonyl (C=O) groups excluding carboxylic acids is 1. The Hall–Kier alpha value is -2.53.